The highest BCUT2D eigenvalue weighted by atomic mass is 127. The Morgan fingerprint density at radius 1 is 0.810 bits per heavy atom. The molecule has 0 radical (unpaired) electrons. The lowest BCUT2D eigenvalue weighted by Gasteiger charge is -2.00. The summed E-state index contributed by atoms with van der Waals surface area (Å²) in [6, 6.07) is 11.4. The lowest BCUT2D eigenvalue weighted by molar-refractivity contribution is -0.597. The summed E-state index contributed by atoms with van der Waals surface area (Å²) in [5.41, 5.74) is 2.80. The predicted molar refractivity (Wildman–Crippen MR) is 80.1 cm³/mol. The van der Waals surface area contributed by atoms with Crippen molar-refractivity contribution in [2.24, 2.45) is 0 Å². The highest BCUT2D eigenvalue weighted by molar-refractivity contribution is 6.68. The lowest BCUT2D eigenvalue weighted by Crippen LogP contribution is -3.61. The summed E-state index contributed by atoms with van der Waals surface area (Å²) in [5.74, 6) is 0. The maximum Gasteiger partial charge on any atom is 0.357 e. The molecule has 2 aromatic rings. The van der Waals surface area contributed by atoms with Gasteiger partial charge in [-0.3, -0.25) is 9.59 Å². The second-order valence-corrected chi connectivity index (χ2v) is 8.28. The Balaban J connectivity index is 2.34. The summed E-state index contributed by atoms with van der Waals surface area (Å²) in [4.78, 5) is 22.7. The SMILES string of the molecule is Cc1ccc([I+]c2ccc(C)c(C(=O)Cl)c2)cc1C(=O)Cl. The third-order valence-electron chi connectivity index (χ3n) is 3.04. The van der Waals surface area contributed by atoms with Crippen LogP contribution < -0.4 is 21.2 Å². The molecule has 0 saturated carbocycles. The van der Waals surface area contributed by atoms with Crippen molar-refractivity contribution in [2.75, 3.05) is 0 Å². The first-order valence-corrected chi connectivity index (χ1v) is 9.05. The van der Waals surface area contributed by atoms with Crippen LogP contribution >= 0.6 is 23.2 Å². The van der Waals surface area contributed by atoms with Crippen LogP contribution in [0.25, 0.3) is 0 Å². The molecule has 0 spiro atoms. The zero-order valence-corrected chi connectivity index (χ0v) is 15.1. The van der Waals surface area contributed by atoms with Crippen molar-refractivity contribution >= 4 is 33.7 Å². The van der Waals surface area contributed by atoms with Gasteiger partial charge in [0, 0.05) is 23.3 Å². The summed E-state index contributed by atoms with van der Waals surface area (Å²) in [5, 5.41) is -0.891. The summed E-state index contributed by atoms with van der Waals surface area (Å²) in [6.07, 6.45) is 0. The summed E-state index contributed by atoms with van der Waals surface area (Å²) >= 11 is 10.7. The van der Waals surface area contributed by atoms with E-state index >= 15 is 0 Å². The highest BCUT2D eigenvalue weighted by Gasteiger charge is 2.20. The molecule has 0 aliphatic carbocycles. The van der Waals surface area contributed by atoms with Crippen LogP contribution in [0.2, 0.25) is 0 Å². The maximum absolute atomic E-state index is 11.4. The third kappa shape index (κ3) is 4.05. The van der Waals surface area contributed by atoms with E-state index in [-0.39, 0.29) is 0 Å². The van der Waals surface area contributed by atoms with Gasteiger partial charge in [0.1, 0.15) is 0 Å². The van der Waals surface area contributed by atoms with Crippen LogP contribution in [-0.4, -0.2) is 10.5 Å². The lowest BCUT2D eigenvalue weighted by atomic mass is 10.1. The maximum atomic E-state index is 11.4. The van der Waals surface area contributed by atoms with Gasteiger partial charge in [0.05, 0.1) is 0 Å². The standard InChI is InChI=1S/C16H12Cl2IO2/c1-9-3-5-11(7-13(9)15(17)20)19-12-6-4-10(2)14(8-12)16(18)21/h3-8H,1-2H3/q+1. The van der Waals surface area contributed by atoms with Crippen molar-refractivity contribution in [1.29, 1.82) is 0 Å². The zero-order chi connectivity index (χ0) is 15.6. The molecule has 0 aliphatic rings. The summed E-state index contributed by atoms with van der Waals surface area (Å²) < 4.78 is 2.14. The van der Waals surface area contributed by atoms with Gasteiger partial charge in [-0.1, -0.05) is 12.1 Å². The molecule has 21 heavy (non-hydrogen) atoms. The number of benzene rings is 2. The molecule has 0 aromatic heterocycles. The van der Waals surface area contributed by atoms with Crippen LogP contribution in [0.5, 0.6) is 0 Å². The first-order valence-electron chi connectivity index (χ1n) is 6.14. The van der Waals surface area contributed by atoms with E-state index in [1.807, 2.05) is 50.2 Å². The second kappa shape index (κ2) is 6.90. The Labute approximate surface area is 143 Å². The Bertz CT molecular complexity index is 665. The van der Waals surface area contributed by atoms with Gasteiger partial charge in [0.2, 0.25) is 0 Å². The average molecular weight is 434 g/mol. The topological polar surface area (TPSA) is 34.1 Å². The van der Waals surface area contributed by atoms with E-state index in [9.17, 15) is 9.59 Å². The fraction of sp³-hybridized carbons (Fsp3) is 0.125. The number of hydrogen-bond donors (Lipinski definition) is 0. The molecule has 2 rings (SSSR count). The minimum atomic E-state index is -0.503. The third-order valence-corrected chi connectivity index (χ3v) is 6.04. The van der Waals surface area contributed by atoms with Crippen molar-refractivity contribution in [1.82, 2.24) is 0 Å². The molecule has 0 bridgehead atoms. The molecule has 2 nitrogen and oxygen atoms in total. The van der Waals surface area contributed by atoms with Crippen molar-refractivity contribution in [3.05, 3.63) is 65.8 Å². The summed E-state index contributed by atoms with van der Waals surface area (Å²) in [7, 11) is 0. The molecule has 2 aromatic carbocycles. The minimum absolute atomic E-state index is 0.445. The van der Waals surface area contributed by atoms with Crippen LogP contribution in [0.15, 0.2) is 36.4 Å². The number of carbonyl (C=O) groups excluding carboxylic acids is 2. The molecule has 0 saturated heterocycles. The average Bonchev–Trinajstić information content (AvgIpc) is 2.42. The number of hydrogen-bond acceptors (Lipinski definition) is 2. The van der Waals surface area contributed by atoms with Crippen LogP contribution in [0.4, 0.5) is 0 Å². The van der Waals surface area contributed by atoms with Crippen LogP contribution in [0.1, 0.15) is 31.8 Å². The van der Waals surface area contributed by atoms with Crippen LogP contribution in [0, 0.1) is 21.0 Å². The fourth-order valence-electron chi connectivity index (χ4n) is 1.86. The van der Waals surface area contributed by atoms with Gasteiger partial charge in [-0.25, -0.2) is 0 Å². The van der Waals surface area contributed by atoms with E-state index in [1.165, 1.54) is 0 Å². The molecule has 0 fully saturated rings. The Hall–Kier alpha value is -0.910. The largest absolute Gasteiger partial charge is 0.357 e. The smallest absolute Gasteiger partial charge is 0.276 e. The van der Waals surface area contributed by atoms with E-state index in [0.29, 0.717) is 11.1 Å². The van der Waals surface area contributed by atoms with Gasteiger partial charge < -0.3 is 0 Å². The molecule has 5 heteroatoms. The zero-order valence-electron chi connectivity index (χ0n) is 11.4. The van der Waals surface area contributed by atoms with E-state index in [1.54, 1.807) is 0 Å². The normalized spacial score (nSPS) is 10.5. The van der Waals surface area contributed by atoms with Gasteiger partial charge in [0.15, 0.2) is 7.14 Å². The Morgan fingerprint density at radius 3 is 1.52 bits per heavy atom. The van der Waals surface area contributed by atoms with E-state index in [4.69, 9.17) is 23.2 Å². The van der Waals surface area contributed by atoms with Gasteiger partial charge >= 0.3 is 21.2 Å². The van der Waals surface area contributed by atoms with Crippen LogP contribution in [0.3, 0.4) is 0 Å². The van der Waals surface area contributed by atoms with Gasteiger partial charge in [0.25, 0.3) is 10.5 Å². The fourth-order valence-corrected chi connectivity index (χ4v) is 4.64. The predicted octanol–water partition coefficient (Wildman–Crippen LogP) is 1.19. The molecule has 0 amide bonds. The quantitative estimate of drug-likeness (QED) is 0.536. The molecule has 0 heterocycles. The number of aryl methyl sites for hydroxylation is 2. The molecular weight excluding hydrogens is 422 g/mol. The van der Waals surface area contributed by atoms with Crippen molar-refractivity contribution < 1.29 is 30.8 Å². The van der Waals surface area contributed by atoms with Crippen molar-refractivity contribution in [3.8, 4) is 0 Å². The second-order valence-electron chi connectivity index (χ2n) is 4.56. The van der Waals surface area contributed by atoms with Gasteiger partial charge in [-0.2, -0.15) is 0 Å². The monoisotopic (exact) mass is 433 g/mol. The minimum Gasteiger partial charge on any atom is -0.276 e. The Morgan fingerprint density at radius 2 is 1.19 bits per heavy atom. The highest BCUT2D eigenvalue weighted by Crippen LogP contribution is 2.11. The molecule has 0 unspecified atom stereocenters. The van der Waals surface area contributed by atoms with Crippen molar-refractivity contribution in [2.45, 2.75) is 13.8 Å². The van der Waals surface area contributed by atoms with E-state index < -0.39 is 31.7 Å². The molecule has 0 atom stereocenters. The van der Waals surface area contributed by atoms with E-state index in [0.717, 1.165) is 18.3 Å². The summed E-state index contributed by atoms with van der Waals surface area (Å²) in [6.45, 7) is 3.71. The van der Waals surface area contributed by atoms with Crippen LogP contribution in [-0.2, 0) is 0 Å². The van der Waals surface area contributed by atoms with Gasteiger partial charge in [-0.15, -0.1) is 0 Å². The molecule has 0 aliphatic heterocycles. The first-order chi connectivity index (χ1) is 9.88. The number of rotatable bonds is 4. The Kier molecular flexibility index (Phi) is 5.41. The van der Waals surface area contributed by atoms with Gasteiger partial charge in [-0.05, 0) is 60.3 Å². The number of carbonyl (C=O) groups is 2. The molecular formula is C16H12Cl2IO2+. The van der Waals surface area contributed by atoms with Crippen molar-refractivity contribution in [3.63, 3.8) is 0 Å². The van der Waals surface area contributed by atoms with E-state index in [2.05, 4.69) is 0 Å². The first kappa shape index (κ1) is 16.5. The number of halogens is 3. The molecule has 0 N–H and O–H groups in total. The molecule has 108 valence electrons.